The third-order valence-corrected chi connectivity index (χ3v) is 4.88. The van der Waals surface area contributed by atoms with Crippen molar-refractivity contribution in [1.29, 1.82) is 0 Å². The van der Waals surface area contributed by atoms with E-state index in [0.29, 0.717) is 19.4 Å². The first-order chi connectivity index (χ1) is 13.1. The lowest BCUT2D eigenvalue weighted by Gasteiger charge is -2.15. The number of amides is 1. The van der Waals surface area contributed by atoms with Crippen LogP contribution in [0, 0.1) is 11.3 Å². The minimum absolute atomic E-state index is 0.300. The number of nitrogens with one attached hydrogen (secondary N) is 1. The van der Waals surface area contributed by atoms with Crippen LogP contribution < -0.4 is 10.2 Å². The number of esters is 1. The Morgan fingerprint density at radius 1 is 1.04 bits per heavy atom. The minimum atomic E-state index is -0.830. The largest absolute Gasteiger partial charge is 0.489 e. The number of carbonyl (C=O) groups excluding carboxylic acids is 2. The van der Waals surface area contributed by atoms with Crippen LogP contribution in [-0.2, 0) is 32.2 Å². The van der Waals surface area contributed by atoms with Gasteiger partial charge >= 0.3 is 5.97 Å². The van der Waals surface area contributed by atoms with Gasteiger partial charge in [-0.3, -0.25) is 14.4 Å². The van der Waals surface area contributed by atoms with Gasteiger partial charge in [0, 0.05) is 0 Å². The molecular formula is C21H23NO5. The average Bonchev–Trinajstić information content (AvgIpc) is 3.43. The zero-order chi connectivity index (χ0) is 19.3. The summed E-state index contributed by atoms with van der Waals surface area (Å²) in [6.45, 7) is 0.492. The molecule has 1 N–H and O–H groups in total. The standard InChI is InChI=1S/C21H23NO5/c1-25-20(24)21(13-18(21)19(23)22-26-2)12-15-8-10-17(11-9-15)27-14-16-6-4-3-5-7-16/h3-11,18H,12-14H2,1-2H3,(H,22,23)/t18-,21+/m1/s1. The highest BCUT2D eigenvalue weighted by atomic mass is 16.6. The van der Waals surface area contributed by atoms with Crippen molar-refractivity contribution >= 4 is 11.9 Å². The van der Waals surface area contributed by atoms with Crippen LogP contribution in [0.25, 0.3) is 0 Å². The molecule has 0 spiro atoms. The van der Waals surface area contributed by atoms with Gasteiger partial charge in [0.15, 0.2) is 0 Å². The number of ether oxygens (including phenoxy) is 2. The highest BCUT2D eigenvalue weighted by Gasteiger charge is 2.64. The Hall–Kier alpha value is -2.86. The van der Waals surface area contributed by atoms with E-state index in [1.807, 2.05) is 54.6 Å². The van der Waals surface area contributed by atoms with Crippen LogP contribution in [0.15, 0.2) is 54.6 Å². The van der Waals surface area contributed by atoms with Crippen molar-refractivity contribution in [3.8, 4) is 5.75 Å². The van der Waals surface area contributed by atoms with Crippen LogP contribution in [0.1, 0.15) is 17.5 Å². The SMILES string of the molecule is CONC(=O)[C@H]1C[C@]1(Cc1ccc(OCc2ccccc2)cc1)C(=O)OC. The molecule has 0 bridgehead atoms. The second-order valence-corrected chi connectivity index (χ2v) is 6.67. The molecule has 0 saturated heterocycles. The van der Waals surface area contributed by atoms with E-state index >= 15 is 0 Å². The molecule has 3 rings (SSSR count). The van der Waals surface area contributed by atoms with Gasteiger partial charge in [0.2, 0.25) is 5.91 Å². The molecule has 6 nitrogen and oxygen atoms in total. The van der Waals surface area contributed by atoms with Crippen molar-refractivity contribution in [2.24, 2.45) is 11.3 Å². The maximum absolute atomic E-state index is 12.3. The normalized spacial score (nSPS) is 20.6. The summed E-state index contributed by atoms with van der Waals surface area (Å²) in [6.07, 6.45) is 0.877. The summed E-state index contributed by atoms with van der Waals surface area (Å²) in [4.78, 5) is 29.0. The maximum Gasteiger partial charge on any atom is 0.312 e. The Balaban J connectivity index is 1.64. The molecule has 0 aliphatic heterocycles. The third-order valence-electron chi connectivity index (χ3n) is 4.88. The molecule has 0 unspecified atom stereocenters. The molecule has 0 aromatic heterocycles. The summed E-state index contributed by atoms with van der Waals surface area (Å²) < 4.78 is 10.7. The molecule has 1 saturated carbocycles. The predicted molar refractivity (Wildman–Crippen MR) is 98.6 cm³/mol. The van der Waals surface area contributed by atoms with Gasteiger partial charge in [0.25, 0.3) is 0 Å². The molecule has 6 heteroatoms. The zero-order valence-electron chi connectivity index (χ0n) is 15.4. The average molecular weight is 369 g/mol. The van der Waals surface area contributed by atoms with Crippen molar-refractivity contribution in [3.63, 3.8) is 0 Å². The lowest BCUT2D eigenvalue weighted by Crippen LogP contribution is -2.31. The van der Waals surface area contributed by atoms with E-state index in [4.69, 9.17) is 9.47 Å². The first-order valence-corrected chi connectivity index (χ1v) is 8.76. The van der Waals surface area contributed by atoms with E-state index < -0.39 is 11.3 Å². The monoisotopic (exact) mass is 369 g/mol. The third kappa shape index (κ3) is 4.28. The highest BCUT2D eigenvalue weighted by molar-refractivity contribution is 5.93. The number of rotatable bonds is 8. The van der Waals surface area contributed by atoms with E-state index in [1.165, 1.54) is 14.2 Å². The Kier molecular flexibility index (Phi) is 5.76. The molecule has 1 fully saturated rings. The molecule has 1 aliphatic carbocycles. The lowest BCUT2D eigenvalue weighted by atomic mass is 9.93. The maximum atomic E-state index is 12.3. The molecule has 1 amide bonds. The Morgan fingerprint density at radius 3 is 2.37 bits per heavy atom. The van der Waals surface area contributed by atoms with Crippen LogP contribution in [0.2, 0.25) is 0 Å². The second kappa shape index (κ2) is 8.22. The van der Waals surface area contributed by atoms with Gasteiger partial charge in [0.05, 0.1) is 25.6 Å². The number of benzene rings is 2. The highest BCUT2D eigenvalue weighted by Crippen LogP contribution is 2.55. The number of carbonyl (C=O) groups is 2. The molecule has 2 aromatic carbocycles. The van der Waals surface area contributed by atoms with Crippen molar-refractivity contribution in [3.05, 3.63) is 65.7 Å². The number of methoxy groups -OCH3 is 1. The summed E-state index contributed by atoms with van der Waals surface area (Å²) >= 11 is 0. The van der Waals surface area contributed by atoms with Crippen LogP contribution in [0.5, 0.6) is 5.75 Å². The Labute approximate surface area is 158 Å². The summed E-state index contributed by atoms with van der Waals surface area (Å²) in [5.41, 5.74) is 3.51. The van der Waals surface area contributed by atoms with Gasteiger partial charge in [-0.2, -0.15) is 0 Å². The van der Waals surface area contributed by atoms with Gasteiger partial charge in [0.1, 0.15) is 12.4 Å². The van der Waals surface area contributed by atoms with Crippen LogP contribution in [0.3, 0.4) is 0 Å². The van der Waals surface area contributed by atoms with E-state index in [1.54, 1.807) is 0 Å². The van der Waals surface area contributed by atoms with Gasteiger partial charge < -0.3 is 9.47 Å². The molecule has 2 atom stereocenters. The van der Waals surface area contributed by atoms with Gasteiger partial charge in [-0.25, -0.2) is 5.48 Å². The molecule has 2 aromatic rings. The fraction of sp³-hybridized carbons (Fsp3) is 0.333. The quantitative estimate of drug-likeness (QED) is 0.572. The van der Waals surface area contributed by atoms with E-state index in [0.717, 1.165) is 16.9 Å². The molecular weight excluding hydrogens is 346 g/mol. The molecule has 0 radical (unpaired) electrons. The fourth-order valence-electron chi connectivity index (χ4n) is 3.33. The Morgan fingerprint density at radius 2 is 1.74 bits per heavy atom. The van der Waals surface area contributed by atoms with Crippen molar-refractivity contribution in [2.75, 3.05) is 14.2 Å². The summed E-state index contributed by atoms with van der Waals surface area (Å²) in [5, 5.41) is 0. The topological polar surface area (TPSA) is 73.9 Å². The van der Waals surface area contributed by atoms with Crippen LogP contribution in [-0.4, -0.2) is 26.1 Å². The van der Waals surface area contributed by atoms with E-state index in [9.17, 15) is 9.59 Å². The number of hydroxylamine groups is 1. The van der Waals surface area contributed by atoms with Gasteiger partial charge in [-0.15, -0.1) is 0 Å². The molecule has 0 heterocycles. The van der Waals surface area contributed by atoms with Gasteiger partial charge in [-0.1, -0.05) is 42.5 Å². The fourth-order valence-corrected chi connectivity index (χ4v) is 3.33. The second-order valence-electron chi connectivity index (χ2n) is 6.67. The van der Waals surface area contributed by atoms with Crippen molar-refractivity contribution < 1.29 is 23.9 Å². The van der Waals surface area contributed by atoms with Gasteiger partial charge in [-0.05, 0) is 36.1 Å². The van der Waals surface area contributed by atoms with E-state index in [-0.39, 0.29) is 11.9 Å². The number of hydrogen-bond acceptors (Lipinski definition) is 5. The van der Waals surface area contributed by atoms with E-state index in [2.05, 4.69) is 10.3 Å². The first-order valence-electron chi connectivity index (χ1n) is 8.76. The zero-order valence-corrected chi connectivity index (χ0v) is 15.4. The number of hydrogen-bond donors (Lipinski definition) is 1. The molecule has 27 heavy (non-hydrogen) atoms. The predicted octanol–water partition coefficient (Wildman–Crippen LogP) is 2.67. The smallest absolute Gasteiger partial charge is 0.312 e. The Bertz CT molecular complexity index is 790. The minimum Gasteiger partial charge on any atom is -0.489 e. The van der Waals surface area contributed by atoms with Crippen LogP contribution >= 0.6 is 0 Å². The van der Waals surface area contributed by atoms with Crippen LogP contribution in [0.4, 0.5) is 0 Å². The molecule has 1 aliphatic rings. The summed E-state index contributed by atoms with van der Waals surface area (Å²) in [7, 11) is 2.71. The van der Waals surface area contributed by atoms with Crippen molar-refractivity contribution in [1.82, 2.24) is 5.48 Å². The summed E-state index contributed by atoms with van der Waals surface area (Å²) in [6, 6.07) is 17.5. The first kappa shape index (κ1) is 18.9. The lowest BCUT2D eigenvalue weighted by molar-refractivity contribution is -0.150. The van der Waals surface area contributed by atoms with Crippen molar-refractivity contribution in [2.45, 2.75) is 19.4 Å². The summed E-state index contributed by atoms with van der Waals surface area (Å²) in [5.74, 6) is -0.369. The molecule has 142 valence electrons.